The molecular weight excluding hydrogens is 272 g/mol. The molecule has 1 unspecified atom stereocenters. The van der Waals surface area contributed by atoms with Crippen LogP contribution in [-0.2, 0) is 9.53 Å². The van der Waals surface area contributed by atoms with Crippen molar-refractivity contribution < 1.29 is 19.1 Å². The number of primary amides is 1. The van der Waals surface area contributed by atoms with Crippen LogP contribution in [0.15, 0.2) is 24.3 Å². The zero-order valence-electron chi connectivity index (χ0n) is 12.1. The molecule has 2 N–H and O–H groups in total. The standard InChI is InChI=1S/C15H20N2O4/c1-20-12-4-2-11(3-5-12)14(18)10-13(15(16)19)17-6-8-21-9-7-17/h2-5,13H,6-10H2,1H3,(H2,16,19). The highest BCUT2D eigenvalue weighted by atomic mass is 16.5. The molecule has 6 heteroatoms. The molecule has 21 heavy (non-hydrogen) atoms. The average Bonchev–Trinajstić information content (AvgIpc) is 2.53. The summed E-state index contributed by atoms with van der Waals surface area (Å²) in [5.74, 6) is 0.109. The number of hydrogen-bond donors (Lipinski definition) is 1. The quantitative estimate of drug-likeness (QED) is 0.770. The molecule has 1 aromatic carbocycles. The van der Waals surface area contributed by atoms with Gasteiger partial charge < -0.3 is 15.2 Å². The second-order valence-electron chi connectivity index (χ2n) is 4.92. The van der Waals surface area contributed by atoms with Crippen molar-refractivity contribution in [3.05, 3.63) is 29.8 Å². The van der Waals surface area contributed by atoms with Gasteiger partial charge in [0.05, 0.1) is 26.4 Å². The number of morpholine rings is 1. The highest BCUT2D eigenvalue weighted by Crippen LogP contribution is 2.15. The van der Waals surface area contributed by atoms with Gasteiger partial charge in [-0.05, 0) is 24.3 Å². The Bertz CT molecular complexity index is 495. The molecule has 1 fully saturated rings. The Kier molecular flexibility index (Phi) is 5.30. The summed E-state index contributed by atoms with van der Waals surface area (Å²) >= 11 is 0. The molecule has 2 rings (SSSR count). The molecule has 0 radical (unpaired) electrons. The highest BCUT2D eigenvalue weighted by Gasteiger charge is 2.28. The van der Waals surface area contributed by atoms with Gasteiger partial charge >= 0.3 is 0 Å². The summed E-state index contributed by atoms with van der Waals surface area (Å²) in [6.07, 6.45) is 0.0850. The van der Waals surface area contributed by atoms with Crippen LogP contribution in [0.25, 0.3) is 0 Å². The van der Waals surface area contributed by atoms with E-state index in [0.29, 0.717) is 37.6 Å². The first kappa shape index (κ1) is 15.5. The van der Waals surface area contributed by atoms with Crippen LogP contribution in [0.4, 0.5) is 0 Å². The van der Waals surface area contributed by atoms with Crippen molar-refractivity contribution in [2.45, 2.75) is 12.5 Å². The van der Waals surface area contributed by atoms with E-state index in [4.69, 9.17) is 15.2 Å². The summed E-state index contributed by atoms with van der Waals surface area (Å²) in [7, 11) is 1.57. The lowest BCUT2D eigenvalue weighted by Crippen LogP contribution is -2.50. The SMILES string of the molecule is COc1ccc(C(=O)CC(C(N)=O)N2CCOCC2)cc1. The summed E-state index contributed by atoms with van der Waals surface area (Å²) in [6, 6.07) is 6.25. The van der Waals surface area contributed by atoms with Crippen LogP contribution >= 0.6 is 0 Å². The summed E-state index contributed by atoms with van der Waals surface area (Å²) in [4.78, 5) is 25.8. The van der Waals surface area contributed by atoms with Gasteiger partial charge in [-0.25, -0.2) is 0 Å². The van der Waals surface area contributed by atoms with E-state index >= 15 is 0 Å². The summed E-state index contributed by atoms with van der Waals surface area (Å²) < 4.78 is 10.3. The first-order chi connectivity index (χ1) is 10.1. The van der Waals surface area contributed by atoms with Crippen molar-refractivity contribution in [2.24, 2.45) is 5.73 Å². The van der Waals surface area contributed by atoms with Crippen molar-refractivity contribution in [3.63, 3.8) is 0 Å². The maximum Gasteiger partial charge on any atom is 0.235 e. The third-order valence-electron chi connectivity index (χ3n) is 3.61. The predicted molar refractivity (Wildman–Crippen MR) is 77.3 cm³/mol. The minimum atomic E-state index is -0.580. The molecule has 1 aliphatic rings. The van der Waals surface area contributed by atoms with Gasteiger partial charge in [0.2, 0.25) is 5.91 Å². The number of benzene rings is 1. The smallest absolute Gasteiger partial charge is 0.235 e. The Morgan fingerprint density at radius 2 is 1.90 bits per heavy atom. The first-order valence-corrected chi connectivity index (χ1v) is 6.90. The van der Waals surface area contributed by atoms with E-state index < -0.39 is 11.9 Å². The van der Waals surface area contributed by atoms with Gasteiger partial charge in [0.25, 0.3) is 0 Å². The molecule has 1 heterocycles. The summed E-state index contributed by atoms with van der Waals surface area (Å²) in [5, 5.41) is 0. The summed E-state index contributed by atoms with van der Waals surface area (Å²) in [6.45, 7) is 2.34. The first-order valence-electron chi connectivity index (χ1n) is 6.90. The maximum absolute atomic E-state index is 12.3. The molecule has 1 saturated heterocycles. The second kappa shape index (κ2) is 7.19. The zero-order chi connectivity index (χ0) is 15.2. The number of nitrogens with two attached hydrogens (primary N) is 1. The van der Waals surface area contributed by atoms with Crippen molar-refractivity contribution >= 4 is 11.7 Å². The van der Waals surface area contributed by atoms with Crippen molar-refractivity contribution in [1.29, 1.82) is 0 Å². The maximum atomic E-state index is 12.3. The lowest BCUT2D eigenvalue weighted by Gasteiger charge is -2.32. The Morgan fingerprint density at radius 1 is 1.29 bits per heavy atom. The Labute approximate surface area is 123 Å². The number of carbonyl (C=O) groups excluding carboxylic acids is 2. The van der Waals surface area contributed by atoms with E-state index in [9.17, 15) is 9.59 Å². The molecule has 0 bridgehead atoms. The number of amides is 1. The molecule has 0 saturated carbocycles. The van der Waals surface area contributed by atoms with E-state index in [1.807, 2.05) is 4.90 Å². The van der Waals surface area contributed by atoms with Crippen LogP contribution in [0, 0.1) is 0 Å². The van der Waals surface area contributed by atoms with E-state index in [1.165, 1.54) is 0 Å². The van der Waals surface area contributed by atoms with Gasteiger partial charge in [-0.15, -0.1) is 0 Å². The molecule has 0 aromatic heterocycles. The Hall–Kier alpha value is -1.92. The molecule has 1 aromatic rings. The number of ether oxygens (including phenoxy) is 2. The van der Waals surface area contributed by atoms with Gasteiger partial charge in [0.15, 0.2) is 5.78 Å². The Morgan fingerprint density at radius 3 is 2.43 bits per heavy atom. The molecule has 1 atom stereocenters. The van der Waals surface area contributed by atoms with Crippen LogP contribution in [-0.4, -0.2) is 56.0 Å². The third-order valence-corrected chi connectivity index (χ3v) is 3.61. The lowest BCUT2D eigenvalue weighted by atomic mass is 10.0. The fourth-order valence-corrected chi connectivity index (χ4v) is 2.37. The molecule has 6 nitrogen and oxygen atoms in total. The Balaban J connectivity index is 2.04. The van der Waals surface area contributed by atoms with E-state index in [-0.39, 0.29) is 12.2 Å². The molecule has 0 aliphatic carbocycles. The molecule has 114 valence electrons. The van der Waals surface area contributed by atoms with Crippen molar-refractivity contribution in [3.8, 4) is 5.75 Å². The monoisotopic (exact) mass is 292 g/mol. The van der Waals surface area contributed by atoms with Crippen molar-refractivity contribution in [2.75, 3.05) is 33.4 Å². The second-order valence-corrected chi connectivity index (χ2v) is 4.92. The van der Waals surface area contributed by atoms with E-state index in [1.54, 1.807) is 31.4 Å². The normalized spacial score (nSPS) is 17.2. The molecule has 1 aliphatic heterocycles. The highest BCUT2D eigenvalue weighted by molar-refractivity contribution is 5.99. The van der Waals surface area contributed by atoms with E-state index in [2.05, 4.69) is 0 Å². The van der Waals surface area contributed by atoms with Crippen LogP contribution in [0.3, 0.4) is 0 Å². The zero-order valence-corrected chi connectivity index (χ0v) is 12.1. The number of hydrogen-bond acceptors (Lipinski definition) is 5. The van der Waals surface area contributed by atoms with Gasteiger partial charge in [-0.3, -0.25) is 14.5 Å². The van der Waals surface area contributed by atoms with E-state index in [0.717, 1.165) is 0 Å². The van der Waals surface area contributed by atoms with Crippen LogP contribution in [0.1, 0.15) is 16.8 Å². The number of Topliss-reactive ketones (excluding diaryl/α,β-unsaturated/α-hetero) is 1. The van der Waals surface area contributed by atoms with Crippen molar-refractivity contribution in [1.82, 2.24) is 4.90 Å². The molecular formula is C15H20N2O4. The number of methoxy groups -OCH3 is 1. The fraction of sp³-hybridized carbons (Fsp3) is 0.467. The predicted octanol–water partition coefficient (Wildman–Crippen LogP) is 0.454. The fourth-order valence-electron chi connectivity index (χ4n) is 2.37. The van der Waals surface area contributed by atoms with Gasteiger partial charge in [0.1, 0.15) is 5.75 Å². The number of carbonyl (C=O) groups is 2. The topological polar surface area (TPSA) is 81.9 Å². The van der Waals surface area contributed by atoms with Crippen LogP contribution in [0.5, 0.6) is 5.75 Å². The van der Waals surface area contributed by atoms with Gasteiger partial charge in [-0.2, -0.15) is 0 Å². The number of ketones is 1. The third kappa shape index (κ3) is 4.03. The summed E-state index contributed by atoms with van der Waals surface area (Å²) in [5.41, 5.74) is 6.00. The van der Waals surface area contributed by atoms with Gasteiger partial charge in [-0.1, -0.05) is 0 Å². The largest absolute Gasteiger partial charge is 0.497 e. The molecule has 1 amide bonds. The minimum Gasteiger partial charge on any atom is -0.497 e. The molecule has 0 spiro atoms. The van der Waals surface area contributed by atoms with Gasteiger partial charge in [0, 0.05) is 25.1 Å². The average molecular weight is 292 g/mol. The number of rotatable bonds is 6. The van der Waals surface area contributed by atoms with Crippen LogP contribution in [0.2, 0.25) is 0 Å². The van der Waals surface area contributed by atoms with Crippen LogP contribution < -0.4 is 10.5 Å². The number of nitrogens with zero attached hydrogens (tertiary/aromatic N) is 1. The lowest BCUT2D eigenvalue weighted by molar-refractivity contribution is -0.124. The minimum absolute atomic E-state index is 0.0850.